The van der Waals surface area contributed by atoms with Crippen LogP contribution in [0.15, 0.2) is 36.4 Å². The van der Waals surface area contributed by atoms with Gasteiger partial charge >= 0.3 is 22.5 Å². The molecular formula is C30H40F3N5O7S. The second-order valence-corrected chi connectivity index (χ2v) is 14.3. The number of amides is 4. The molecule has 4 atom stereocenters. The third-order valence-corrected chi connectivity index (χ3v) is 8.98. The van der Waals surface area contributed by atoms with E-state index < -0.39 is 74.9 Å². The lowest BCUT2D eigenvalue weighted by Gasteiger charge is -2.30. The van der Waals surface area contributed by atoms with Gasteiger partial charge in [-0.1, -0.05) is 25.0 Å². The highest BCUT2D eigenvalue weighted by atomic mass is 32.2. The Bertz CT molecular complexity index is 1460. The molecular weight excluding hydrogens is 631 g/mol. The number of ether oxygens (including phenoxy) is 1. The first-order chi connectivity index (χ1) is 21.4. The number of benzene rings is 1. The fourth-order valence-corrected chi connectivity index (χ4v) is 6.59. The molecule has 3 aliphatic rings. The molecule has 4 rings (SSSR count). The summed E-state index contributed by atoms with van der Waals surface area (Å²) in [6, 6.07) is 1.32. The molecule has 12 nitrogen and oxygen atoms in total. The van der Waals surface area contributed by atoms with Gasteiger partial charge in [-0.25, -0.2) is 9.52 Å². The number of carbonyl (C=O) groups excluding carboxylic acids is 4. The van der Waals surface area contributed by atoms with Crippen LogP contribution in [-0.2, 0) is 35.5 Å². The largest absolute Gasteiger partial charge is 0.444 e. The number of hydrogen-bond donors (Lipinski definition) is 4. The number of hydrogen-bond acceptors (Lipinski definition) is 7. The van der Waals surface area contributed by atoms with Crippen molar-refractivity contribution in [1.29, 1.82) is 0 Å². The molecule has 46 heavy (non-hydrogen) atoms. The second-order valence-electron chi connectivity index (χ2n) is 12.8. The lowest BCUT2D eigenvalue weighted by molar-refractivity contribution is -0.141. The molecule has 2 fully saturated rings. The smallest absolute Gasteiger partial charge is 0.416 e. The molecule has 0 aromatic heterocycles. The molecule has 1 saturated heterocycles. The minimum atomic E-state index is -4.61. The molecule has 4 N–H and O–H groups in total. The number of carbonyl (C=O) groups is 4. The van der Waals surface area contributed by atoms with Gasteiger partial charge in [0.1, 0.15) is 23.2 Å². The molecule has 1 aliphatic carbocycles. The van der Waals surface area contributed by atoms with Crippen LogP contribution in [0.25, 0.3) is 0 Å². The van der Waals surface area contributed by atoms with E-state index in [2.05, 4.69) is 10.6 Å². The Kier molecular flexibility index (Phi) is 10.3. The molecule has 0 radical (unpaired) electrons. The summed E-state index contributed by atoms with van der Waals surface area (Å²) in [4.78, 5) is 54.7. The van der Waals surface area contributed by atoms with Crippen LogP contribution >= 0.6 is 0 Å². The highest BCUT2D eigenvalue weighted by molar-refractivity contribution is 7.91. The van der Waals surface area contributed by atoms with Crippen LogP contribution in [0.2, 0.25) is 0 Å². The highest BCUT2D eigenvalue weighted by Gasteiger charge is 2.61. The third kappa shape index (κ3) is 8.91. The summed E-state index contributed by atoms with van der Waals surface area (Å²) < 4.78 is 73.6. The van der Waals surface area contributed by atoms with Crippen molar-refractivity contribution in [2.45, 2.75) is 102 Å². The van der Waals surface area contributed by atoms with E-state index in [1.54, 1.807) is 26.8 Å². The molecule has 254 valence electrons. The summed E-state index contributed by atoms with van der Waals surface area (Å²) in [5.41, 5.74) is -3.60. The molecule has 1 aromatic rings. The standard InChI is InChI=1S/C30H40F3N5O7S/c1-28(2,3)45-27(42)34-22-11-8-6-4-5-7-10-20-18-29(20,35-24(39)23-12-9-17-38(23)25(22)40)26(41)37-46(43,44)36-21-15-13-19(14-16-21)30(31,32)33/h7,10,13-16,20,22-23,36H,4-6,8-9,11-12,17-18H2,1-3H3,(H,34,42)(H,35,39)(H,37,41)/b10-7-/t20-,22-,23-,29+/m0/s1. The minimum absolute atomic E-state index is 0.0976. The third-order valence-electron chi connectivity index (χ3n) is 8.02. The summed E-state index contributed by atoms with van der Waals surface area (Å²) in [6.45, 7) is 5.35. The number of allylic oxidation sites excluding steroid dienone is 1. The van der Waals surface area contributed by atoms with E-state index in [1.807, 2.05) is 15.5 Å². The van der Waals surface area contributed by atoms with Crippen molar-refractivity contribution in [3.05, 3.63) is 42.0 Å². The fraction of sp³-hybridized carbons (Fsp3) is 0.600. The predicted octanol–water partition coefficient (Wildman–Crippen LogP) is 3.76. The summed E-state index contributed by atoms with van der Waals surface area (Å²) >= 11 is 0. The summed E-state index contributed by atoms with van der Waals surface area (Å²) in [7, 11) is -4.61. The molecule has 2 aliphatic heterocycles. The van der Waals surface area contributed by atoms with Crippen LogP contribution in [0.4, 0.5) is 23.7 Å². The average Bonchev–Trinajstić information content (AvgIpc) is 3.39. The Labute approximate surface area is 266 Å². The predicted molar refractivity (Wildman–Crippen MR) is 161 cm³/mol. The number of halogens is 3. The quantitative estimate of drug-likeness (QED) is 0.347. The van der Waals surface area contributed by atoms with Crippen LogP contribution in [0.1, 0.15) is 77.7 Å². The van der Waals surface area contributed by atoms with Crippen molar-refractivity contribution in [2.75, 3.05) is 11.3 Å². The van der Waals surface area contributed by atoms with Crippen molar-refractivity contribution in [3.63, 3.8) is 0 Å². The lowest BCUT2D eigenvalue weighted by atomic mass is 10.0. The van der Waals surface area contributed by atoms with E-state index in [0.717, 1.165) is 25.0 Å². The van der Waals surface area contributed by atoms with Crippen LogP contribution < -0.4 is 20.1 Å². The number of alkyl halides is 3. The van der Waals surface area contributed by atoms with Gasteiger partial charge in [0.25, 0.3) is 5.91 Å². The zero-order valence-corrected chi connectivity index (χ0v) is 26.7. The Morgan fingerprint density at radius 3 is 2.37 bits per heavy atom. The molecule has 1 saturated carbocycles. The maximum atomic E-state index is 13.7. The van der Waals surface area contributed by atoms with Gasteiger partial charge in [0.05, 0.1) is 11.3 Å². The van der Waals surface area contributed by atoms with Crippen molar-refractivity contribution in [3.8, 4) is 0 Å². The van der Waals surface area contributed by atoms with Gasteiger partial charge in [-0.2, -0.15) is 21.6 Å². The van der Waals surface area contributed by atoms with Crippen molar-refractivity contribution in [1.82, 2.24) is 20.3 Å². The number of nitrogens with one attached hydrogen (secondary N) is 4. The van der Waals surface area contributed by atoms with Gasteiger partial charge in [-0.15, -0.1) is 0 Å². The molecule has 0 unspecified atom stereocenters. The first-order valence-electron chi connectivity index (χ1n) is 15.2. The Hall–Kier alpha value is -3.82. The summed E-state index contributed by atoms with van der Waals surface area (Å²) in [5, 5.41) is 5.35. The van der Waals surface area contributed by atoms with Gasteiger partial charge in [0, 0.05) is 12.5 Å². The molecule has 0 bridgehead atoms. The first-order valence-corrected chi connectivity index (χ1v) is 16.7. The topological polar surface area (TPSA) is 163 Å². The lowest BCUT2D eigenvalue weighted by Crippen LogP contribution is -2.58. The Morgan fingerprint density at radius 1 is 1.02 bits per heavy atom. The van der Waals surface area contributed by atoms with Gasteiger partial charge in [-0.3, -0.25) is 19.1 Å². The molecule has 4 amide bonds. The van der Waals surface area contributed by atoms with Crippen LogP contribution in [-0.4, -0.2) is 66.9 Å². The number of rotatable bonds is 5. The number of fused-ring (bicyclic) bond motifs is 2. The fourth-order valence-electron chi connectivity index (χ4n) is 5.66. The van der Waals surface area contributed by atoms with Gasteiger partial charge in [-0.05, 0) is 83.6 Å². The van der Waals surface area contributed by atoms with Gasteiger partial charge < -0.3 is 20.3 Å². The molecule has 16 heteroatoms. The van der Waals surface area contributed by atoms with Gasteiger partial charge in [0.15, 0.2) is 0 Å². The zero-order valence-electron chi connectivity index (χ0n) is 25.9. The van der Waals surface area contributed by atoms with Crippen LogP contribution in [0.5, 0.6) is 0 Å². The number of anilines is 1. The van der Waals surface area contributed by atoms with E-state index in [0.29, 0.717) is 44.2 Å². The SMILES string of the molecule is CC(C)(C)OC(=O)N[C@H]1CCCCC/C=C\[C@H]2C[C@@]2(C(=O)NS(=O)(=O)Nc2ccc(C(F)(F)F)cc2)NC(=O)[C@@H]2CCCN2C1=O. The van der Waals surface area contributed by atoms with Crippen molar-refractivity contribution >= 4 is 39.7 Å². The van der Waals surface area contributed by atoms with E-state index >= 15 is 0 Å². The maximum Gasteiger partial charge on any atom is 0.416 e. The van der Waals surface area contributed by atoms with E-state index in [-0.39, 0.29) is 18.7 Å². The van der Waals surface area contributed by atoms with Crippen molar-refractivity contribution in [2.24, 2.45) is 5.92 Å². The van der Waals surface area contributed by atoms with E-state index in [1.165, 1.54) is 4.90 Å². The monoisotopic (exact) mass is 671 g/mol. The van der Waals surface area contributed by atoms with E-state index in [9.17, 15) is 40.8 Å². The average molecular weight is 672 g/mol. The first kappa shape index (κ1) is 35.0. The van der Waals surface area contributed by atoms with E-state index in [4.69, 9.17) is 4.74 Å². The summed E-state index contributed by atoms with van der Waals surface area (Å²) in [6.07, 6.45) is 2.21. The summed E-state index contributed by atoms with van der Waals surface area (Å²) in [5.74, 6) is -2.66. The molecule has 0 spiro atoms. The molecule has 1 aromatic carbocycles. The van der Waals surface area contributed by atoms with Crippen LogP contribution in [0.3, 0.4) is 0 Å². The molecule has 2 heterocycles. The highest BCUT2D eigenvalue weighted by Crippen LogP contribution is 2.45. The second kappa shape index (κ2) is 13.5. The van der Waals surface area contributed by atoms with Crippen LogP contribution in [0, 0.1) is 5.92 Å². The minimum Gasteiger partial charge on any atom is -0.444 e. The Balaban J connectivity index is 1.51. The van der Waals surface area contributed by atoms with Crippen molar-refractivity contribution < 1.29 is 45.5 Å². The maximum absolute atomic E-state index is 13.7. The number of nitrogens with zero attached hydrogens (tertiary/aromatic N) is 1. The Morgan fingerprint density at radius 2 is 1.72 bits per heavy atom. The number of alkyl carbamates (subject to hydrolysis) is 1. The normalized spacial score (nSPS) is 26.7. The zero-order chi connectivity index (χ0) is 33.9. The van der Waals surface area contributed by atoms with Gasteiger partial charge in [0.2, 0.25) is 11.8 Å².